The largest absolute Gasteiger partial charge is 0.481 e. The Morgan fingerprint density at radius 2 is 1.71 bits per heavy atom. The van der Waals surface area contributed by atoms with E-state index in [2.05, 4.69) is 10.6 Å². The second-order valence-electron chi connectivity index (χ2n) is 3.73. The molecule has 0 atom stereocenters. The fourth-order valence-corrected chi connectivity index (χ4v) is 1.25. The van der Waals surface area contributed by atoms with E-state index in [4.69, 9.17) is 9.84 Å². The van der Waals surface area contributed by atoms with Gasteiger partial charge < -0.3 is 20.5 Å². The van der Waals surface area contributed by atoms with Crippen LogP contribution < -0.4 is 10.6 Å². The molecule has 0 radical (unpaired) electrons. The van der Waals surface area contributed by atoms with Crippen LogP contribution in [-0.4, -0.2) is 43.9 Å². The van der Waals surface area contributed by atoms with Gasteiger partial charge in [-0.2, -0.15) is 0 Å². The molecule has 3 N–H and O–H groups in total. The molecule has 0 unspecified atom stereocenters. The van der Waals surface area contributed by atoms with Crippen LogP contribution >= 0.6 is 0 Å². The molecule has 6 heteroatoms. The van der Waals surface area contributed by atoms with Crippen LogP contribution in [0.3, 0.4) is 0 Å². The highest BCUT2D eigenvalue weighted by molar-refractivity contribution is 5.73. The van der Waals surface area contributed by atoms with Gasteiger partial charge in [-0.25, -0.2) is 4.79 Å². The smallest absolute Gasteiger partial charge is 0.314 e. The van der Waals surface area contributed by atoms with Gasteiger partial charge in [0.15, 0.2) is 0 Å². The number of rotatable bonds is 10. The number of hydrogen-bond acceptors (Lipinski definition) is 3. The van der Waals surface area contributed by atoms with Crippen molar-refractivity contribution in [3.05, 3.63) is 0 Å². The Hall–Kier alpha value is -1.30. The summed E-state index contributed by atoms with van der Waals surface area (Å²) in [6.07, 6.45) is 3.48. The van der Waals surface area contributed by atoms with Gasteiger partial charge in [0.05, 0.1) is 0 Å². The third-order valence-corrected chi connectivity index (χ3v) is 2.16. The topological polar surface area (TPSA) is 87.7 Å². The van der Waals surface area contributed by atoms with Crippen LogP contribution in [0.1, 0.15) is 32.1 Å². The summed E-state index contributed by atoms with van der Waals surface area (Å²) < 4.78 is 4.91. The number of carbonyl (C=O) groups is 2. The molecule has 0 spiro atoms. The summed E-state index contributed by atoms with van der Waals surface area (Å²) in [7, 11) is 1.67. The first kappa shape index (κ1) is 15.7. The number of methoxy groups -OCH3 is 1. The fourth-order valence-electron chi connectivity index (χ4n) is 1.25. The molecular weight excluding hydrogens is 224 g/mol. The van der Waals surface area contributed by atoms with Crippen LogP contribution in [0.5, 0.6) is 0 Å². The molecule has 0 aromatic carbocycles. The lowest BCUT2D eigenvalue weighted by Gasteiger charge is -2.06. The average Bonchev–Trinajstić information content (AvgIpc) is 2.29. The van der Waals surface area contributed by atoms with E-state index in [1.807, 2.05) is 0 Å². The first-order valence-electron chi connectivity index (χ1n) is 5.89. The Balaban J connectivity index is 3.20. The van der Waals surface area contributed by atoms with E-state index in [9.17, 15) is 9.59 Å². The molecule has 17 heavy (non-hydrogen) atoms. The minimum atomic E-state index is -0.842. The first-order chi connectivity index (χ1) is 8.16. The van der Waals surface area contributed by atoms with E-state index in [0.29, 0.717) is 19.5 Å². The molecule has 2 amide bonds. The van der Waals surface area contributed by atoms with Crippen LogP contribution in [0.2, 0.25) is 0 Å². The van der Waals surface area contributed by atoms with Crippen molar-refractivity contribution in [1.29, 1.82) is 0 Å². The summed E-state index contributed by atoms with van der Waals surface area (Å²) in [4.78, 5) is 21.4. The molecule has 0 aromatic rings. The zero-order valence-corrected chi connectivity index (χ0v) is 10.3. The standard InChI is InChI=1S/C11H22N2O4/c1-17-9-4-2-3-7-12-11(16)13-8-5-6-10(14)15/h2-9H2,1H3,(H,14,15)(H2,12,13,16). The third-order valence-electron chi connectivity index (χ3n) is 2.16. The summed E-state index contributed by atoms with van der Waals surface area (Å²) in [5.41, 5.74) is 0. The molecule has 0 rings (SSSR count). The Labute approximate surface area is 102 Å². The molecule has 100 valence electrons. The summed E-state index contributed by atoms with van der Waals surface area (Å²) in [6, 6.07) is -0.234. The maximum absolute atomic E-state index is 11.2. The molecule has 0 bridgehead atoms. The quantitative estimate of drug-likeness (QED) is 0.501. The highest BCUT2D eigenvalue weighted by atomic mass is 16.5. The SMILES string of the molecule is COCCCCCNC(=O)NCCCC(=O)O. The molecule has 0 aliphatic rings. The van der Waals surface area contributed by atoms with E-state index in [0.717, 1.165) is 25.9 Å². The van der Waals surface area contributed by atoms with Gasteiger partial charge in [-0.1, -0.05) is 0 Å². The monoisotopic (exact) mass is 246 g/mol. The van der Waals surface area contributed by atoms with Crippen molar-refractivity contribution in [3.8, 4) is 0 Å². The molecular formula is C11H22N2O4. The van der Waals surface area contributed by atoms with E-state index < -0.39 is 5.97 Å². The zero-order chi connectivity index (χ0) is 12.9. The Bertz CT molecular complexity index is 222. The Morgan fingerprint density at radius 1 is 1.06 bits per heavy atom. The van der Waals surface area contributed by atoms with Crippen LogP contribution in [0, 0.1) is 0 Å². The molecule has 0 saturated carbocycles. The molecule has 0 aliphatic heterocycles. The van der Waals surface area contributed by atoms with Crippen molar-refractivity contribution < 1.29 is 19.4 Å². The number of nitrogens with one attached hydrogen (secondary N) is 2. The van der Waals surface area contributed by atoms with Gasteiger partial charge in [-0.15, -0.1) is 0 Å². The fraction of sp³-hybridized carbons (Fsp3) is 0.818. The van der Waals surface area contributed by atoms with Gasteiger partial charge >= 0.3 is 12.0 Å². The van der Waals surface area contributed by atoms with Gasteiger partial charge in [-0.05, 0) is 25.7 Å². The second-order valence-corrected chi connectivity index (χ2v) is 3.73. The van der Waals surface area contributed by atoms with E-state index >= 15 is 0 Å². The van der Waals surface area contributed by atoms with E-state index in [1.54, 1.807) is 7.11 Å². The number of ether oxygens (including phenoxy) is 1. The minimum absolute atomic E-state index is 0.0807. The number of hydrogen-bond donors (Lipinski definition) is 3. The van der Waals surface area contributed by atoms with Crippen LogP contribution in [0.4, 0.5) is 4.79 Å². The highest BCUT2D eigenvalue weighted by Gasteiger charge is 2.00. The molecule has 0 fully saturated rings. The number of carboxylic acid groups (broad SMARTS) is 1. The predicted octanol–water partition coefficient (Wildman–Crippen LogP) is 0.967. The number of aliphatic carboxylic acids is 1. The zero-order valence-electron chi connectivity index (χ0n) is 10.3. The highest BCUT2D eigenvalue weighted by Crippen LogP contribution is 1.93. The second kappa shape index (κ2) is 11.2. The van der Waals surface area contributed by atoms with Gasteiger partial charge in [0, 0.05) is 33.2 Å². The van der Waals surface area contributed by atoms with Gasteiger partial charge in [0.25, 0.3) is 0 Å². The minimum Gasteiger partial charge on any atom is -0.481 e. The number of carboxylic acids is 1. The summed E-state index contributed by atoms with van der Waals surface area (Å²) in [5, 5.41) is 13.7. The summed E-state index contributed by atoms with van der Waals surface area (Å²) >= 11 is 0. The lowest BCUT2D eigenvalue weighted by Crippen LogP contribution is -2.36. The van der Waals surface area contributed by atoms with E-state index in [1.165, 1.54) is 0 Å². The Kier molecular flexibility index (Phi) is 10.3. The van der Waals surface area contributed by atoms with Crippen LogP contribution in [0.15, 0.2) is 0 Å². The van der Waals surface area contributed by atoms with Crippen LogP contribution in [0.25, 0.3) is 0 Å². The molecule has 6 nitrogen and oxygen atoms in total. The van der Waals surface area contributed by atoms with Crippen molar-refractivity contribution in [2.24, 2.45) is 0 Å². The first-order valence-corrected chi connectivity index (χ1v) is 5.89. The normalized spacial score (nSPS) is 9.94. The predicted molar refractivity (Wildman–Crippen MR) is 64.0 cm³/mol. The van der Waals surface area contributed by atoms with Crippen molar-refractivity contribution in [1.82, 2.24) is 10.6 Å². The summed E-state index contributed by atoms with van der Waals surface area (Å²) in [6.45, 7) is 1.78. The van der Waals surface area contributed by atoms with Crippen molar-refractivity contribution in [2.75, 3.05) is 26.8 Å². The molecule has 0 saturated heterocycles. The molecule has 0 aromatic heterocycles. The molecule has 0 aliphatic carbocycles. The number of carbonyl (C=O) groups excluding carboxylic acids is 1. The maximum atomic E-state index is 11.2. The summed E-state index contributed by atoms with van der Waals surface area (Å²) in [5.74, 6) is -0.842. The van der Waals surface area contributed by atoms with Gasteiger partial charge in [0.1, 0.15) is 0 Å². The number of amides is 2. The number of unbranched alkanes of at least 4 members (excludes halogenated alkanes) is 2. The maximum Gasteiger partial charge on any atom is 0.314 e. The van der Waals surface area contributed by atoms with Crippen molar-refractivity contribution in [3.63, 3.8) is 0 Å². The van der Waals surface area contributed by atoms with Gasteiger partial charge in [-0.3, -0.25) is 4.79 Å². The van der Waals surface area contributed by atoms with E-state index in [-0.39, 0.29) is 12.5 Å². The molecule has 0 heterocycles. The van der Waals surface area contributed by atoms with Crippen molar-refractivity contribution in [2.45, 2.75) is 32.1 Å². The lowest BCUT2D eigenvalue weighted by molar-refractivity contribution is -0.137. The van der Waals surface area contributed by atoms with Crippen molar-refractivity contribution >= 4 is 12.0 Å². The lowest BCUT2D eigenvalue weighted by atomic mass is 10.2. The Morgan fingerprint density at radius 3 is 2.29 bits per heavy atom. The third kappa shape index (κ3) is 12.6. The number of urea groups is 1. The average molecular weight is 246 g/mol. The van der Waals surface area contributed by atoms with Gasteiger partial charge in [0.2, 0.25) is 0 Å². The van der Waals surface area contributed by atoms with Crippen LogP contribution in [-0.2, 0) is 9.53 Å².